The highest BCUT2D eigenvalue weighted by molar-refractivity contribution is 7.14. The first-order valence-electron chi connectivity index (χ1n) is 9.82. The van der Waals surface area contributed by atoms with Crippen LogP contribution in [-0.4, -0.2) is 0 Å². The molecule has 2 heterocycles. The summed E-state index contributed by atoms with van der Waals surface area (Å²) in [5.74, 6) is 0.328. The molecular weight excluding hydrogens is 388 g/mol. The van der Waals surface area contributed by atoms with Gasteiger partial charge in [0.15, 0.2) is 0 Å². The monoisotopic (exact) mass is 406 g/mol. The topological polar surface area (TPSA) is 0 Å². The molecule has 0 unspecified atom stereocenters. The second kappa shape index (κ2) is 6.84. The summed E-state index contributed by atoms with van der Waals surface area (Å²) in [5.41, 5.74) is 4.12. The molecule has 2 aromatic heterocycles. The summed E-state index contributed by atoms with van der Waals surface area (Å²) >= 11 is 3.65. The number of thiophene rings is 2. The molecule has 0 N–H and O–H groups in total. The van der Waals surface area contributed by atoms with Gasteiger partial charge in [-0.1, -0.05) is 78.9 Å². The largest absolute Gasteiger partial charge is 0.144 e. The summed E-state index contributed by atoms with van der Waals surface area (Å²) in [6.45, 7) is 0. The van der Waals surface area contributed by atoms with Crippen LogP contribution in [0.2, 0.25) is 0 Å². The molecule has 2 heteroatoms. The van der Waals surface area contributed by atoms with Gasteiger partial charge < -0.3 is 0 Å². The quantitative estimate of drug-likeness (QED) is 0.263. The molecule has 6 rings (SSSR count). The summed E-state index contributed by atoms with van der Waals surface area (Å²) in [5, 5.41) is 9.76. The average molecular weight is 407 g/mol. The molecule has 0 saturated carbocycles. The highest BCUT2D eigenvalue weighted by Gasteiger charge is 2.21. The van der Waals surface area contributed by atoms with Crippen molar-refractivity contribution in [3.05, 3.63) is 107 Å². The molecular formula is C27H18S2. The van der Waals surface area contributed by atoms with Crippen LogP contribution in [0.4, 0.5) is 0 Å². The van der Waals surface area contributed by atoms with E-state index in [2.05, 4.69) is 102 Å². The second-order valence-electron chi connectivity index (χ2n) is 7.32. The Morgan fingerprint density at radius 1 is 0.552 bits per heavy atom. The molecule has 0 amide bonds. The van der Waals surface area contributed by atoms with Crippen LogP contribution in [-0.2, 0) is 0 Å². The van der Waals surface area contributed by atoms with E-state index in [9.17, 15) is 0 Å². The summed E-state index contributed by atoms with van der Waals surface area (Å²) in [4.78, 5) is 2.67. The van der Waals surface area contributed by atoms with Crippen LogP contribution >= 0.6 is 22.7 Å². The Hall–Kier alpha value is -2.94. The number of hydrogen-bond donors (Lipinski definition) is 0. The molecule has 0 saturated heterocycles. The first-order chi connectivity index (χ1) is 14.4. The van der Waals surface area contributed by atoms with Crippen LogP contribution in [0.3, 0.4) is 0 Å². The van der Waals surface area contributed by atoms with Crippen molar-refractivity contribution in [3.8, 4) is 20.9 Å². The smallest absolute Gasteiger partial charge is 0.0355 e. The number of hydrogen-bond acceptors (Lipinski definition) is 2. The molecule has 0 radical (unpaired) electrons. The van der Waals surface area contributed by atoms with Crippen LogP contribution in [0.5, 0.6) is 0 Å². The van der Waals surface area contributed by atoms with E-state index in [1.54, 1.807) is 0 Å². The van der Waals surface area contributed by atoms with E-state index in [1.165, 1.54) is 48.0 Å². The highest BCUT2D eigenvalue weighted by Crippen LogP contribution is 2.48. The molecule has 1 aliphatic carbocycles. The van der Waals surface area contributed by atoms with Crippen molar-refractivity contribution in [1.29, 1.82) is 0 Å². The molecule has 0 aliphatic heterocycles. The lowest BCUT2D eigenvalue weighted by atomic mass is 9.85. The van der Waals surface area contributed by atoms with Crippen LogP contribution in [0.1, 0.15) is 11.5 Å². The zero-order valence-electron chi connectivity index (χ0n) is 15.7. The van der Waals surface area contributed by atoms with E-state index in [-0.39, 0.29) is 0 Å². The molecule has 0 fully saturated rings. The third-order valence-electron chi connectivity index (χ3n) is 5.72. The summed E-state index contributed by atoms with van der Waals surface area (Å²) in [6, 6.07) is 24.6. The maximum absolute atomic E-state index is 2.31. The molecule has 1 aliphatic rings. The van der Waals surface area contributed by atoms with Gasteiger partial charge in [0.2, 0.25) is 0 Å². The predicted molar refractivity (Wildman–Crippen MR) is 129 cm³/mol. The lowest BCUT2D eigenvalue weighted by Gasteiger charge is -2.20. The molecule has 0 nitrogen and oxygen atoms in total. The van der Waals surface area contributed by atoms with Crippen LogP contribution in [0.15, 0.2) is 102 Å². The first kappa shape index (κ1) is 17.0. The van der Waals surface area contributed by atoms with E-state index in [1.807, 2.05) is 22.7 Å². The fourth-order valence-corrected chi connectivity index (χ4v) is 6.13. The molecule has 29 heavy (non-hydrogen) atoms. The minimum Gasteiger partial charge on any atom is -0.144 e. The van der Waals surface area contributed by atoms with Gasteiger partial charge in [-0.15, -0.1) is 22.7 Å². The zero-order valence-corrected chi connectivity index (χ0v) is 17.3. The Kier molecular flexibility index (Phi) is 4.00. The first-order valence-corrected chi connectivity index (χ1v) is 11.6. The molecule has 138 valence electrons. The van der Waals surface area contributed by atoms with Crippen molar-refractivity contribution in [3.63, 3.8) is 0 Å². The molecule has 0 bridgehead atoms. The van der Waals surface area contributed by atoms with Crippen LogP contribution in [0.25, 0.3) is 42.4 Å². The lowest BCUT2D eigenvalue weighted by molar-refractivity contribution is 1.12. The van der Waals surface area contributed by atoms with Crippen molar-refractivity contribution < 1.29 is 0 Å². The Morgan fingerprint density at radius 2 is 1.17 bits per heavy atom. The number of benzene rings is 3. The lowest BCUT2D eigenvalue weighted by Crippen LogP contribution is -1.96. The van der Waals surface area contributed by atoms with E-state index in [0.29, 0.717) is 5.92 Å². The van der Waals surface area contributed by atoms with Crippen molar-refractivity contribution in [2.24, 2.45) is 0 Å². The van der Waals surface area contributed by atoms with Crippen molar-refractivity contribution in [2.45, 2.75) is 5.92 Å². The summed E-state index contributed by atoms with van der Waals surface area (Å²) < 4.78 is 0. The van der Waals surface area contributed by atoms with Gasteiger partial charge in [-0.05, 0) is 50.0 Å². The third kappa shape index (κ3) is 2.64. The van der Waals surface area contributed by atoms with Crippen molar-refractivity contribution in [2.75, 3.05) is 0 Å². The Balaban J connectivity index is 1.87. The fourth-order valence-electron chi connectivity index (χ4n) is 4.54. The van der Waals surface area contributed by atoms with E-state index < -0.39 is 0 Å². The van der Waals surface area contributed by atoms with E-state index in [0.717, 1.165) is 0 Å². The second-order valence-corrected chi connectivity index (χ2v) is 9.21. The maximum Gasteiger partial charge on any atom is 0.0355 e. The van der Waals surface area contributed by atoms with Gasteiger partial charge in [-0.25, -0.2) is 0 Å². The minimum atomic E-state index is 0.328. The maximum atomic E-state index is 2.31. The van der Waals surface area contributed by atoms with Crippen LogP contribution in [0, 0.1) is 0 Å². The minimum absolute atomic E-state index is 0.328. The van der Waals surface area contributed by atoms with Gasteiger partial charge in [0.25, 0.3) is 0 Å². The zero-order chi connectivity index (χ0) is 19.2. The summed E-state index contributed by atoms with van der Waals surface area (Å²) in [7, 11) is 0. The third-order valence-corrected chi connectivity index (χ3v) is 7.50. The fraction of sp³-hybridized carbons (Fsp3) is 0.0370. The van der Waals surface area contributed by atoms with E-state index >= 15 is 0 Å². The standard InChI is InChI=1S/C27H18S2/c1-2-9-18(8-1)19-12-5-13-22-25(23-14-6-16-28-23)20-10-3-4-11-21(20)27(26(19)22)24-15-7-17-29-24/h1-18H. The number of rotatable bonds is 3. The van der Waals surface area contributed by atoms with Crippen molar-refractivity contribution in [1.82, 2.24) is 0 Å². The average Bonchev–Trinajstić information content (AvgIpc) is 3.55. The molecule has 0 spiro atoms. The molecule has 5 aromatic rings. The predicted octanol–water partition coefficient (Wildman–Crippen LogP) is 8.66. The van der Waals surface area contributed by atoms with Gasteiger partial charge in [-0.2, -0.15) is 0 Å². The van der Waals surface area contributed by atoms with Gasteiger partial charge in [-0.3, -0.25) is 0 Å². The molecule has 0 atom stereocenters. The Labute approximate surface area is 178 Å². The van der Waals surface area contributed by atoms with Gasteiger partial charge in [0.1, 0.15) is 0 Å². The summed E-state index contributed by atoms with van der Waals surface area (Å²) in [6.07, 6.45) is 8.92. The Bertz CT molecular complexity index is 1370. The van der Waals surface area contributed by atoms with Gasteiger partial charge >= 0.3 is 0 Å². The Morgan fingerprint density at radius 3 is 1.83 bits per heavy atom. The van der Waals surface area contributed by atoms with Gasteiger partial charge in [0.05, 0.1) is 0 Å². The highest BCUT2D eigenvalue weighted by atomic mass is 32.1. The van der Waals surface area contributed by atoms with Crippen LogP contribution < -0.4 is 0 Å². The SMILES string of the molecule is C1=CC(c2cccc3c(-c4cccs4)c4ccccc4c(-c4cccs4)c23)C=C1. The number of allylic oxidation sites excluding steroid dienone is 4. The van der Waals surface area contributed by atoms with Crippen molar-refractivity contribution >= 4 is 44.2 Å². The molecule has 3 aromatic carbocycles. The normalized spacial score (nSPS) is 13.8. The number of fused-ring (bicyclic) bond motifs is 2. The van der Waals surface area contributed by atoms with Gasteiger partial charge in [0, 0.05) is 26.8 Å². The van der Waals surface area contributed by atoms with E-state index in [4.69, 9.17) is 0 Å².